The summed E-state index contributed by atoms with van der Waals surface area (Å²) in [6.45, 7) is 0.567. The molecule has 2 heteroatoms. The Hall–Kier alpha value is -1.38. The molecule has 1 fully saturated rings. The monoisotopic (exact) mass is 269 g/mol. The molecule has 20 heavy (non-hydrogen) atoms. The molecule has 3 N–H and O–H groups in total. The summed E-state index contributed by atoms with van der Waals surface area (Å²) in [7, 11) is 0. The molecule has 0 saturated heterocycles. The number of aliphatic hydroxyl groups excluding tert-OH is 1. The summed E-state index contributed by atoms with van der Waals surface area (Å²) in [5.41, 5.74) is 7.24. The van der Waals surface area contributed by atoms with Crippen LogP contribution < -0.4 is 5.73 Å². The first-order valence-electron chi connectivity index (χ1n) is 7.60. The van der Waals surface area contributed by atoms with Crippen LogP contribution in [0.25, 0.3) is 10.8 Å². The summed E-state index contributed by atoms with van der Waals surface area (Å²) in [6, 6.07) is 14.9. The highest BCUT2D eigenvalue weighted by atomic mass is 16.3. The standard InChI is InChI=1S/C18H23NO/c19-13-18(11-4-3-10-17(18)20)12-15-8-5-7-14-6-1-2-9-16(14)15/h1-2,5-9,17,20H,3-4,10-13,19H2. The number of nitrogens with two attached hydrogens (primary N) is 1. The molecule has 2 nitrogen and oxygen atoms in total. The largest absolute Gasteiger partial charge is 0.392 e. The highest BCUT2D eigenvalue weighted by Gasteiger charge is 2.38. The van der Waals surface area contributed by atoms with Crippen molar-refractivity contribution in [3.05, 3.63) is 48.0 Å². The van der Waals surface area contributed by atoms with Gasteiger partial charge in [0.1, 0.15) is 0 Å². The maximum Gasteiger partial charge on any atom is 0.0611 e. The molecule has 0 aliphatic heterocycles. The summed E-state index contributed by atoms with van der Waals surface area (Å²) in [5.74, 6) is 0. The Labute approximate surface area is 120 Å². The summed E-state index contributed by atoms with van der Waals surface area (Å²) in [4.78, 5) is 0. The van der Waals surface area contributed by atoms with Gasteiger partial charge in [-0.05, 0) is 35.6 Å². The molecule has 0 aromatic heterocycles. The number of hydrogen-bond acceptors (Lipinski definition) is 2. The van der Waals surface area contributed by atoms with E-state index in [1.54, 1.807) is 0 Å². The lowest BCUT2D eigenvalue weighted by molar-refractivity contribution is -0.00564. The van der Waals surface area contributed by atoms with E-state index in [-0.39, 0.29) is 11.5 Å². The van der Waals surface area contributed by atoms with Crippen LogP contribution in [0.15, 0.2) is 42.5 Å². The molecule has 2 aromatic rings. The fraction of sp³-hybridized carbons (Fsp3) is 0.444. The lowest BCUT2D eigenvalue weighted by Gasteiger charge is -2.41. The molecule has 0 amide bonds. The van der Waals surface area contributed by atoms with Crippen LogP contribution in [-0.2, 0) is 6.42 Å². The van der Waals surface area contributed by atoms with E-state index in [2.05, 4.69) is 42.5 Å². The molecule has 2 unspecified atom stereocenters. The fourth-order valence-electron chi connectivity index (χ4n) is 3.63. The smallest absolute Gasteiger partial charge is 0.0611 e. The van der Waals surface area contributed by atoms with Gasteiger partial charge in [-0.2, -0.15) is 0 Å². The van der Waals surface area contributed by atoms with Crippen LogP contribution in [0.2, 0.25) is 0 Å². The molecule has 1 saturated carbocycles. The first kappa shape index (κ1) is 13.6. The Kier molecular flexibility index (Phi) is 3.77. The molecule has 0 bridgehead atoms. The van der Waals surface area contributed by atoms with Gasteiger partial charge in [0, 0.05) is 12.0 Å². The first-order chi connectivity index (χ1) is 9.75. The van der Waals surface area contributed by atoms with Gasteiger partial charge in [-0.3, -0.25) is 0 Å². The number of aliphatic hydroxyl groups is 1. The highest BCUT2D eigenvalue weighted by Crippen LogP contribution is 2.39. The normalized spacial score (nSPS) is 26.8. The number of benzene rings is 2. The van der Waals surface area contributed by atoms with Crippen LogP contribution in [0, 0.1) is 5.41 Å². The van der Waals surface area contributed by atoms with E-state index in [4.69, 9.17) is 5.73 Å². The minimum Gasteiger partial charge on any atom is -0.392 e. The van der Waals surface area contributed by atoms with Crippen molar-refractivity contribution in [2.75, 3.05) is 6.54 Å². The fourth-order valence-corrected chi connectivity index (χ4v) is 3.63. The van der Waals surface area contributed by atoms with Crippen LogP contribution in [-0.4, -0.2) is 17.8 Å². The Balaban J connectivity index is 1.99. The predicted molar refractivity (Wildman–Crippen MR) is 83.6 cm³/mol. The Bertz CT molecular complexity index is 589. The molecular weight excluding hydrogens is 246 g/mol. The van der Waals surface area contributed by atoms with Crippen molar-refractivity contribution in [2.24, 2.45) is 11.1 Å². The second-order valence-corrected chi connectivity index (χ2v) is 6.14. The van der Waals surface area contributed by atoms with E-state index >= 15 is 0 Å². The van der Waals surface area contributed by atoms with Crippen molar-refractivity contribution < 1.29 is 5.11 Å². The molecule has 0 spiro atoms. The zero-order chi connectivity index (χ0) is 14.0. The highest BCUT2D eigenvalue weighted by molar-refractivity contribution is 5.85. The second kappa shape index (κ2) is 5.55. The van der Waals surface area contributed by atoms with Crippen LogP contribution in [0.5, 0.6) is 0 Å². The third-order valence-corrected chi connectivity index (χ3v) is 4.94. The van der Waals surface area contributed by atoms with Gasteiger partial charge >= 0.3 is 0 Å². The van der Waals surface area contributed by atoms with E-state index in [1.807, 2.05) is 0 Å². The molecular formula is C18H23NO. The lowest BCUT2D eigenvalue weighted by Crippen LogP contribution is -2.45. The summed E-state index contributed by atoms with van der Waals surface area (Å²) < 4.78 is 0. The zero-order valence-corrected chi connectivity index (χ0v) is 11.9. The third kappa shape index (κ3) is 2.34. The van der Waals surface area contributed by atoms with E-state index in [1.165, 1.54) is 22.8 Å². The summed E-state index contributed by atoms with van der Waals surface area (Å²) in [6.07, 6.45) is 4.85. The zero-order valence-electron chi connectivity index (χ0n) is 11.9. The van der Waals surface area contributed by atoms with Gasteiger partial charge in [0.25, 0.3) is 0 Å². The topological polar surface area (TPSA) is 46.2 Å². The molecule has 0 heterocycles. The van der Waals surface area contributed by atoms with E-state index in [0.29, 0.717) is 6.54 Å². The van der Waals surface area contributed by atoms with Crippen molar-refractivity contribution in [3.8, 4) is 0 Å². The quantitative estimate of drug-likeness (QED) is 0.898. The minimum atomic E-state index is -0.264. The average Bonchev–Trinajstić information content (AvgIpc) is 2.50. The first-order valence-corrected chi connectivity index (χ1v) is 7.60. The van der Waals surface area contributed by atoms with Crippen molar-refractivity contribution >= 4 is 10.8 Å². The van der Waals surface area contributed by atoms with Crippen LogP contribution in [0.3, 0.4) is 0 Å². The number of fused-ring (bicyclic) bond motifs is 1. The van der Waals surface area contributed by atoms with Crippen molar-refractivity contribution in [1.82, 2.24) is 0 Å². The van der Waals surface area contributed by atoms with Gasteiger partial charge in [0.2, 0.25) is 0 Å². The predicted octanol–water partition coefficient (Wildman–Crippen LogP) is 3.26. The summed E-state index contributed by atoms with van der Waals surface area (Å²) >= 11 is 0. The summed E-state index contributed by atoms with van der Waals surface area (Å²) in [5, 5.41) is 13.0. The molecule has 3 rings (SSSR count). The third-order valence-electron chi connectivity index (χ3n) is 4.94. The molecule has 0 radical (unpaired) electrons. The number of rotatable bonds is 3. The van der Waals surface area contributed by atoms with Gasteiger partial charge in [-0.15, -0.1) is 0 Å². The van der Waals surface area contributed by atoms with Gasteiger partial charge in [0.15, 0.2) is 0 Å². The molecule has 1 aliphatic rings. The number of hydrogen-bond donors (Lipinski definition) is 2. The van der Waals surface area contributed by atoms with Crippen molar-refractivity contribution in [2.45, 2.75) is 38.2 Å². The van der Waals surface area contributed by atoms with Crippen LogP contribution in [0.4, 0.5) is 0 Å². The van der Waals surface area contributed by atoms with E-state index in [0.717, 1.165) is 25.7 Å². The molecule has 2 atom stereocenters. The van der Waals surface area contributed by atoms with Crippen LogP contribution in [0.1, 0.15) is 31.2 Å². The lowest BCUT2D eigenvalue weighted by atomic mass is 9.68. The van der Waals surface area contributed by atoms with Gasteiger partial charge in [-0.25, -0.2) is 0 Å². The Morgan fingerprint density at radius 2 is 1.90 bits per heavy atom. The van der Waals surface area contributed by atoms with Gasteiger partial charge < -0.3 is 10.8 Å². The molecule has 1 aliphatic carbocycles. The molecule has 2 aromatic carbocycles. The van der Waals surface area contributed by atoms with E-state index < -0.39 is 0 Å². The van der Waals surface area contributed by atoms with Crippen molar-refractivity contribution in [1.29, 1.82) is 0 Å². The SMILES string of the molecule is NCC1(Cc2cccc3ccccc23)CCCCC1O. The van der Waals surface area contributed by atoms with E-state index in [9.17, 15) is 5.11 Å². The Morgan fingerprint density at radius 3 is 2.70 bits per heavy atom. The maximum atomic E-state index is 10.5. The minimum absolute atomic E-state index is 0.137. The van der Waals surface area contributed by atoms with Gasteiger partial charge in [0.05, 0.1) is 6.10 Å². The van der Waals surface area contributed by atoms with Gasteiger partial charge in [-0.1, -0.05) is 55.3 Å². The molecule has 106 valence electrons. The van der Waals surface area contributed by atoms with Crippen LogP contribution >= 0.6 is 0 Å². The Morgan fingerprint density at radius 1 is 1.10 bits per heavy atom. The van der Waals surface area contributed by atoms with Crippen molar-refractivity contribution in [3.63, 3.8) is 0 Å². The average molecular weight is 269 g/mol. The second-order valence-electron chi connectivity index (χ2n) is 6.14. The maximum absolute atomic E-state index is 10.5.